The van der Waals surface area contributed by atoms with Gasteiger partial charge in [-0.1, -0.05) is 0 Å². The standard InChI is InChI=1S/C6H13NO3/c1-5(9)6(10)7(2)3-4-8/h5,8-9H,3-4H2,1-2H3. The van der Waals surface area contributed by atoms with Crippen LogP contribution in [0.5, 0.6) is 0 Å². The number of carbonyl (C=O) groups is 1. The van der Waals surface area contributed by atoms with Crippen molar-refractivity contribution in [3.63, 3.8) is 0 Å². The van der Waals surface area contributed by atoms with Crippen LogP contribution in [0.25, 0.3) is 0 Å². The van der Waals surface area contributed by atoms with Crippen molar-refractivity contribution in [3.8, 4) is 0 Å². The van der Waals surface area contributed by atoms with E-state index in [4.69, 9.17) is 10.2 Å². The molecule has 0 heterocycles. The molecule has 0 radical (unpaired) electrons. The molecule has 0 saturated heterocycles. The van der Waals surface area contributed by atoms with Gasteiger partial charge in [0.05, 0.1) is 6.61 Å². The molecule has 2 N–H and O–H groups in total. The van der Waals surface area contributed by atoms with E-state index in [0.29, 0.717) is 0 Å². The first-order valence-electron chi connectivity index (χ1n) is 3.13. The summed E-state index contributed by atoms with van der Waals surface area (Å²) in [6.07, 6.45) is -0.975. The summed E-state index contributed by atoms with van der Waals surface area (Å²) >= 11 is 0. The second-order valence-electron chi connectivity index (χ2n) is 2.16. The highest BCUT2D eigenvalue weighted by atomic mass is 16.3. The maximum absolute atomic E-state index is 10.8. The first-order chi connectivity index (χ1) is 4.59. The fraction of sp³-hybridized carbons (Fsp3) is 0.833. The molecule has 1 amide bonds. The zero-order chi connectivity index (χ0) is 8.15. The summed E-state index contributed by atoms with van der Waals surface area (Å²) in [5.41, 5.74) is 0. The number of hydrogen-bond donors (Lipinski definition) is 2. The van der Waals surface area contributed by atoms with Crippen molar-refractivity contribution >= 4 is 5.91 Å². The monoisotopic (exact) mass is 147 g/mol. The molecular weight excluding hydrogens is 134 g/mol. The van der Waals surface area contributed by atoms with Crippen molar-refractivity contribution < 1.29 is 15.0 Å². The van der Waals surface area contributed by atoms with Gasteiger partial charge in [-0.2, -0.15) is 0 Å². The molecule has 4 nitrogen and oxygen atoms in total. The van der Waals surface area contributed by atoms with Gasteiger partial charge in [0.15, 0.2) is 0 Å². The first-order valence-corrected chi connectivity index (χ1v) is 3.13. The van der Waals surface area contributed by atoms with Crippen molar-refractivity contribution in [1.29, 1.82) is 0 Å². The average molecular weight is 147 g/mol. The van der Waals surface area contributed by atoms with Gasteiger partial charge in [-0.3, -0.25) is 4.79 Å². The molecule has 0 aromatic heterocycles. The topological polar surface area (TPSA) is 60.8 Å². The van der Waals surface area contributed by atoms with Crippen molar-refractivity contribution in [2.75, 3.05) is 20.2 Å². The Kier molecular flexibility index (Phi) is 3.99. The number of aliphatic hydroxyl groups is 2. The maximum atomic E-state index is 10.8. The lowest BCUT2D eigenvalue weighted by Crippen LogP contribution is -2.36. The number of amides is 1. The second-order valence-corrected chi connectivity index (χ2v) is 2.16. The highest BCUT2D eigenvalue weighted by Gasteiger charge is 2.12. The highest BCUT2D eigenvalue weighted by Crippen LogP contribution is 1.89. The molecule has 0 spiro atoms. The van der Waals surface area contributed by atoms with Crippen LogP contribution in [0.1, 0.15) is 6.92 Å². The van der Waals surface area contributed by atoms with Gasteiger partial charge < -0.3 is 15.1 Å². The van der Waals surface area contributed by atoms with E-state index in [-0.39, 0.29) is 19.1 Å². The predicted molar refractivity (Wildman–Crippen MR) is 36.4 cm³/mol. The quantitative estimate of drug-likeness (QED) is 0.528. The van der Waals surface area contributed by atoms with E-state index < -0.39 is 6.10 Å². The number of rotatable bonds is 3. The van der Waals surface area contributed by atoms with E-state index in [1.54, 1.807) is 0 Å². The van der Waals surface area contributed by atoms with E-state index in [1.165, 1.54) is 18.9 Å². The molecule has 10 heavy (non-hydrogen) atoms. The first kappa shape index (κ1) is 9.39. The molecular formula is C6H13NO3. The number of hydrogen-bond acceptors (Lipinski definition) is 3. The smallest absolute Gasteiger partial charge is 0.250 e. The molecule has 0 fully saturated rings. The molecule has 60 valence electrons. The van der Waals surface area contributed by atoms with Crippen molar-refractivity contribution in [2.45, 2.75) is 13.0 Å². The fourth-order valence-corrected chi connectivity index (χ4v) is 0.579. The lowest BCUT2D eigenvalue weighted by molar-refractivity contribution is -0.138. The van der Waals surface area contributed by atoms with Crippen molar-refractivity contribution in [3.05, 3.63) is 0 Å². The Bertz CT molecular complexity index is 114. The SMILES string of the molecule is CC(O)C(=O)N(C)CCO. The van der Waals surface area contributed by atoms with Crippen LogP contribution >= 0.6 is 0 Å². The van der Waals surface area contributed by atoms with Gasteiger partial charge in [0.25, 0.3) is 5.91 Å². The number of likely N-dealkylation sites (N-methyl/N-ethyl adjacent to an activating group) is 1. The Morgan fingerprint density at radius 1 is 1.70 bits per heavy atom. The largest absolute Gasteiger partial charge is 0.395 e. The maximum Gasteiger partial charge on any atom is 0.250 e. The summed E-state index contributed by atoms with van der Waals surface area (Å²) < 4.78 is 0. The summed E-state index contributed by atoms with van der Waals surface area (Å²) in [4.78, 5) is 12.1. The third-order valence-electron chi connectivity index (χ3n) is 1.17. The van der Waals surface area contributed by atoms with Gasteiger partial charge in [-0.05, 0) is 6.92 Å². The minimum Gasteiger partial charge on any atom is -0.395 e. The fourth-order valence-electron chi connectivity index (χ4n) is 0.579. The van der Waals surface area contributed by atoms with Crippen LogP contribution in [0, 0.1) is 0 Å². The van der Waals surface area contributed by atoms with Crippen LogP contribution in [0.3, 0.4) is 0 Å². The van der Waals surface area contributed by atoms with Crippen LogP contribution in [-0.4, -0.2) is 47.3 Å². The molecule has 0 aromatic rings. The van der Waals surface area contributed by atoms with Gasteiger partial charge in [-0.25, -0.2) is 0 Å². The van der Waals surface area contributed by atoms with Crippen LogP contribution in [-0.2, 0) is 4.79 Å². The van der Waals surface area contributed by atoms with Gasteiger partial charge in [0.1, 0.15) is 6.10 Å². The van der Waals surface area contributed by atoms with Crippen LogP contribution in [0.4, 0.5) is 0 Å². The Morgan fingerprint density at radius 3 is 2.50 bits per heavy atom. The predicted octanol–water partition coefficient (Wildman–Crippen LogP) is -1.18. The van der Waals surface area contributed by atoms with Crippen LogP contribution in [0.2, 0.25) is 0 Å². The molecule has 0 aliphatic heterocycles. The summed E-state index contributed by atoms with van der Waals surface area (Å²) in [5, 5.41) is 17.1. The number of carbonyl (C=O) groups excluding carboxylic acids is 1. The van der Waals surface area contributed by atoms with Gasteiger partial charge >= 0.3 is 0 Å². The molecule has 1 atom stereocenters. The lowest BCUT2D eigenvalue weighted by Gasteiger charge is -2.16. The van der Waals surface area contributed by atoms with Gasteiger partial charge in [0, 0.05) is 13.6 Å². The minimum atomic E-state index is -0.975. The van der Waals surface area contributed by atoms with Crippen LogP contribution < -0.4 is 0 Å². The zero-order valence-electron chi connectivity index (χ0n) is 6.24. The van der Waals surface area contributed by atoms with Crippen molar-refractivity contribution in [1.82, 2.24) is 4.90 Å². The normalized spacial score (nSPS) is 12.8. The Balaban J connectivity index is 3.71. The second kappa shape index (κ2) is 4.24. The van der Waals surface area contributed by atoms with Crippen LogP contribution in [0.15, 0.2) is 0 Å². The van der Waals surface area contributed by atoms with Gasteiger partial charge in [0.2, 0.25) is 0 Å². The van der Waals surface area contributed by atoms with E-state index >= 15 is 0 Å². The third kappa shape index (κ3) is 2.80. The minimum absolute atomic E-state index is 0.0744. The van der Waals surface area contributed by atoms with Gasteiger partial charge in [-0.15, -0.1) is 0 Å². The Labute approximate surface area is 60.1 Å². The molecule has 0 aliphatic rings. The summed E-state index contributed by atoms with van der Waals surface area (Å²) in [6.45, 7) is 1.59. The van der Waals surface area contributed by atoms with E-state index in [0.717, 1.165) is 0 Å². The molecule has 0 aromatic carbocycles. The number of aliphatic hydroxyl groups excluding tert-OH is 2. The summed E-state index contributed by atoms with van der Waals surface area (Å²) in [5.74, 6) is -0.367. The van der Waals surface area contributed by atoms with E-state index in [1.807, 2.05) is 0 Å². The lowest BCUT2D eigenvalue weighted by atomic mass is 10.3. The molecule has 0 saturated carbocycles. The van der Waals surface area contributed by atoms with E-state index in [2.05, 4.69) is 0 Å². The average Bonchev–Trinajstić information content (AvgIpc) is 1.87. The molecule has 0 aliphatic carbocycles. The molecule has 1 unspecified atom stereocenters. The summed E-state index contributed by atoms with van der Waals surface area (Å²) in [6, 6.07) is 0. The molecule has 0 bridgehead atoms. The van der Waals surface area contributed by atoms with Crippen molar-refractivity contribution in [2.24, 2.45) is 0 Å². The molecule has 0 rings (SSSR count). The zero-order valence-corrected chi connectivity index (χ0v) is 6.24. The van der Waals surface area contributed by atoms with E-state index in [9.17, 15) is 4.79 Å². The Hall–Kier alpha value is -0.610. The molecule has 4 heteroatoms. The highest BCUT2D eigenvalue weighted by molar-refractivity contribution is 5.79. The third-order valence-corrected chi connectivity index (χ3v) is 1.17. The Morgan fingerprint density at radius 2 is 2.20 bits per heavy atom. The summed E-state index contributed by atoms with van der Waals surface area (Å²) in [7, 11) is 1.53. The number of nitrogens with zero attached hydrogens (tertiary/aromatic N) is 1.